The molecule has 1 aromatic heterocycles. The van der Waals surface area contributed by atoms with Crippen molar-refractivity contribution in [3.8, 4) is 0 Å². The zero-order valence-electron chi connectivity index (χ0n) is 15.0. The predicted octanol–water partition coefficient (Wildman–Crippen LogP) is 4.27. The van der Waals surface area contributed by atoms with E-state index in [9.17, 15) is 14.0 Å². The van der Waals surface area contributed by atoms with Gasteiger partial charge < -0.3 is 15.0 Å². The number of esters is 1. The Bertz CT molecular complexity index is 1040. The zero-order chi connectivity index (χ0) is 19.0. The number of fused-ring (bicyclic) bond motifs is 1. The number of hydrogen-bond donors (Lipinski definition) is 2. The van der Waals surface area contributed by atoms with Crippen LogP contribution in [-0.2, 0) is 4.74 Å². The van der Waals surface area contributed by atoms with E-state index < -0.39 is 11.8 Å². The highest BCUT2D eigenvalue weighted by molar-refractivity contribution is 6.15. The van der Waals surface area contributed by atoms with Crippen molar-refractivity contribution in [1.82, 2.24) is 4.98 Å². The van der Waals surface area contributed by atoms with Crippen LogP contribution in [0.2, 0.25) is 0 Å². The van der Waals surface area contributed by atoms with E-state index in [4.69, 9.17) is 4.74 Å². The lowest BCUT2D eigenvalue weighted by atomic mass is 10.0. The van der Waals surface area contributed by atoms with Crippen molar-refractivity contribution in [3.05, 3.63) is 64.1 Å². The molecule has 0 radical (unpaired) electrons. The van der Waals surface area contributed by atoms with E-state index in [1.165, 1.54) is 25.3 Å². The highest BCUT2D eigenvalue weighted by atomic mass is 19.1. The van der Waals surface area contributed by atoms with E-state index in [0.29, 0.717) is 16.5 Å². The van der Waals surface area contributed by atoms with Gasteiger partial charge in [0.25, 0.3) is 5.91 Å². The molecule has 0 aliphatic rings. The second kappa shape index (κ2) is 6.63. The van der Waals surface area contributed by atoms with E-state index in [1.54, 1.807) is 6.07 Å². The Morgan fingerprint density at radius 3 is 2.42 bits per heavy atom. The molecule has 0 fully saturated rings. The molecule has 0 atom stereocenters. The van der Waals surface area contributed by atoms with Gasteiger partial charge in [-0.2, -0.15) is 0 Å². The van der Waals surface area contributed by atoms with Gasteiger partial charge in [-0.15, -0.1) is 0 Å². The van der Waals surface area contributed by atoms with Crippen LogP contribution in [0.1, 0.15) is 37.5 Å². The van der Waals surface area contributed by atoms with Gasteiger partial charge in [0.2, 0.25) is 0 Å². The molecular formula is C20H19FN2O3. The van der Waals surface area contributed by atoms with Crippen LogP contribution in [0.15, 0.2) is 30.3 Å². The highest BCUT2D eigenvalue weighted by Gasteiger charge is 2.22. The van der Waals surface area contributed by atoms with Crippen molar-refractivity contribution in [1.29, 1.82) is 0 Å². The fourth-order valence-electron chi connectivity index (χ4n) is 2.94. The fourth-order valence-corrected chi connectivity index (χ4v) is 2.94. The van der Waals surface area contributed by atoms with Crippen LogP contribution in [0.3, 0.4) is 0 Å². The third-order valence-corrected chi connectivity index (χ3v) is 4.47. The average molecular weight is 354 g/mol. The third kappa shape index (κ3) is 3.06. The van der Waals surface area contributed by atoms with Crippen molar-refractivity contribution < 1.29 is 18.7 Å². The van der Waals surface area contributed by atoms with Crippen molar-refractivity contribution in [3.63, 3.8) is 0 Å². The second-order valence-electron chi connectivity index (χ2n) is 6.26. The lowest BCUT2D eigenvalue weighted by molar-refractivity contribution is 0.0596. The van der Waals surface area contributed by atoms with Crippen LogP contribution in [-0.4, -0.2) is 24.0 Å². The van der Waals surface area contributed by atoms with Gasteiger partial charge in [0, 0.05) is 16.5 Å². The number of aryl methyl sites for hydroxylation is 3. The van der Waals surface area contributed by atoms with Crippen LogP contribution in [0.4, 0.5) is 10.1 Å². The number of carbonyl (C=O) groups is 2. The molecule has 0 spiro atoms. The van der Waals surface area contributed by atoms with Crippen LogP contribution in [0.5, 0.6) is 0 Å². The SMILES string of the molecule is COC(=O)c1[nH]c2ccc(F)cc2c1NC(=O)c1cc(C)c(C)cc1C. The molecule has 26 heavy (non-hydrogen) atoms. The van der Waals surface area contributed by atoms with Crippen molar-refractivity contribution in [2.75, 3.05) is 12.4 Å². The molecule has 0 bridgehead atoms. The smallest absolute Gasteiger partial charge is 0.356 e. The monoisotopic (exact) mass is 354 g/mol. The van der Waals surface area contributed by atoms with Crippen molar-refractivity contribution in [2.45, 2.75) is 20.8 Å². The minimum absolute atomic E-state index is 0.0722. The summed E-state index contributed by atoms with van der Waals surface area (Å²) >= 11 is 0. The van der Waals surface area contributed by atoms with Gasteiger partial charge >= 0.3 is 5.97 Å². The van der Waals surface area contributed by atoms with Gasteiger partial charge in [-0.25, -0.2) is 9.18 Å². The molecule has 3 aromatic rings. The normalized spacial score (nSPS) is 10.8. The molecular weight excluding hydrogens is 335 g/mol. The highest BCUT2D eigenvalue weighted by Crippen LogP contribution is 2.30. The Morgan fingerprint density at radius 2 is 1.73 bits per heavy atom. The summed E-state index contributed by atoms with van der Waals surface area (Å²) in [5, 5.41) is 3.15. The quantitative estimate of drug-likeness (QED) is 0.690. The second-order valence-corrected chi connectivity index (χ2v) is 6.26. The third-order valence-electron chi connectivity index (χ3n) is 4.47. The number of anilines is 1. The predicted molar refractivity (Wildman–Crippen MR) is 98.2 cm³/mol. The number of amides is 1. The number of rotatable bonds is 3. The minimum atomic E-state index is -0.645. The summed E-state index contributed by atoms with van der Waals surface area (Å²) in [6, 6.07) is 7.78. The first-order valence-corrected chi connectivity index (χ1v) is 8.10. The van der Waals surface area contributed by atoms with Gasteiger partial charge in [0.15, 0.2) is 0 Å². The summed E-state index contributed by atoms with van der Waals surface area (Å²) in [7, 11) is 1.24. The van der Waals surface area contributed by atoms with Gasteiger partial charge in [0.1, 0.15) is 11.5 Å². The lowest BCUT2D eigenvalue weighted by Crippen LogP contribution is -2.16. The summed E-state index contributed by atoms with van der Waals surface area (Å²) in [6.45, 7) is 5.74. The van der Waals surface area contributed by atoms with Crippen LogP contribution in [0, 0.1) is 26.6 Å². The molecule has 0 aliphatic carbocycles. The number of aromatic nitrogens is 1. The van der Waals surface area contributed by atoms with E-state index >= 15 is 0 Å². The maximum Gasteiger partial charge on any atom is 0.356 e. The van der Waals surface area contributed by atoms with Crippen molar-refractivity contribution >= 4 is 28.5 Å². The average Bonchev–Trinajstić information content (AvgIpc) is 2.95. The summed E-state index contributed by atoms with van der Waals surface area (Å²) in [5.41, 5.74) is 4.18. The van der Waals surface area contributed by atoms with Crippen LogP contribution >= 0.6 is 0 Å². The summed E-state index contributed by atoms with van der Waals surface area (Å²) in [5.74, 6) is -1.49. The summed E-state index contributed by atoms with van der Waals surface area (Å²) < 4.78 is 18.5. The molecule has 3 rings (SSSR count). The number of carbonyl (C=O) groups excluding carboxylic acids is 2. The maximum absolute atomic E-state index is 13.7. The molecule has 2 N–H and O–H groups in total. The number of benzene rings is 2. The van der Waals surface area contributed by atoms with Crippen molar-refractivity contribution in [2.24, 2.45) is 0 Å². The fraction of sp³-hybridized carbons (Fsp3) is 0.200. The van der Waals surface area contributed by atoms with Gasteiger partial charge in [-0.1, -0.05) is 6.07 Å². The van der Waals surface area contributed by atoms with E-state index in [2.05, 4.69) is 10.3 Å². The maximum atomic E-state index is 13.7. The Hall–Kier alpha value is -3.15. The molecule has 6 heteroatoms. The lowest BCUT2D eigenvalue weighted by Gasteiger charge is -2.11. The molecule has 5 nitrogen and oxygen atoms in total. The van der Waals surface area contributed by atoms with Gasteiger partial charge in [-0.05, 0) is 61.7 Å². The first-order valence-electron chi connectivity index (χ1n) is 8.10. The molecule has 134 valence electrons. The number of hydrogen-bond acceptors (Lipinski definition) is 3. The number of methoxy groups -OCH3 is 1. The molecule has 0 unspecified atom stereocenters. The standard InChI is InChI=1S/C20H19FN2O3/c1-10-7-12(3)14(8-11(10)2)19(24)23-17-15-9-13(21)5-6-16(15)22-18(17)20(25)26-4/h5-9,22H,1-4H3,(H,23,24). The van der Waals surface area contributed by atoms with E-state index in [1.807, 2.05) is 26.8 Å². The topological polar surface area (TPSA) is 71.2 Å². The van der Waals surface area contributed by atoms with Crippen LogP contribution < -0.4 is 5.32 Å². The molecule has 0 aliphatic heterocycles. The van der Waals surface area contributed by atoms with E-state index in [0.717, 1.165) is 16.7 Å². The molecule has 1 amide bonds. The van der Waals surface area contributed by atoms with Gasteiger partial charge in [0.05, 0.1) is 12.8 Å². The zero-order valence-corrected chi connectivity index (χ0v) is 15.0. The number of ether oxygens (including phenoxy) is 1. The van der Waals surface area contributed by atoms with Gasteiger partial charge in [-0.3, -0.25) is 4.79 Å². The van der Waals surface area contributed by atoms with Crippen LogP contribution in [0.25, 0.3) is 10.9 Å². The minimum Gasteiger partial charge on any atom is -0.464 e. The first-order chi connectivity index (χ1) is 12.3. The number of halogens is 1. The Morgan fingerprint density at radius 1 is 1.04 bits per heavy atom. The molecule has 0 saturated carbocycles. The largest absolute Gasteiger partial charge is 0.464 e. The first kappa shape index (κ1) is 17.7. The Balaban J connectivity index is 2.10. The Labute approximate surface area is 150 Å². The number of nitrogens with one attached hydrogen (secondary N) is 2. The van der Waals surface area contributed by atoms with E-state index in [-0.39, 0.29) is 17.3 Å². The number of H-pyrrole nitrogens is 1. The molecule has 1 heterocycles. The Kier molecular flexibility index (Phi) is 4.50. The summed E-state index contributed by atoms with van der Waals surface area (Å²) in [6.07, 6.45) is 0. The molecule has 0 saturated heterocycles. The number of aromatic amines is 1. The molecule has 2 aromatic carbocycles. The summed E-state index contributed by atoms with van der Waals surface area (Å²) in [4.78, 5) is 27.8.